The molecule has 1 heterocycles. The average molecular weight is 402 g/mol. The summed E-state index contributed by atoms with van der Waals surface area (Å²) in [6.07, 6.45) is 0.502. The molecular weight excluding hydrogens is 382 g/mol. The van der Waals surface area contributed by atoms with Gasteiger partial charge in [-0.05, 0) is 24.1 Å². The number of carbonyl (C=O) groups excluding carboxylic acids is 2. The predicted molar refractivity (Wildman–Crippen MR) is 106 cm³/mol. The van der Waals surface area contributed by atoms with E-state index in [2.05, 4.69) is 4.98 Å². The van der Waals surface area contributed by atoms with Gasteiger partial charge in [0.05, 0.1) is 22.6 Å². The number of para-hydroxylation sites is 1. The van der Waals surface area contributed by atoms with Crippen LogP contribution in [0.3, 0.4) is 0 Å². The van der Waals surface area contributed by atoms with Crippen LogP contribution in [0.5, 0.6) is 0 Å². The third-order valence-corrected chi connectivity index (χ3v) is 5.72. The van der Waals surface area contributed by atoms with Crippen LogP contribution in [0.4, 0.5) is 0 Å². The molecule has 0 bridgehead atoms. The molecule has 1 aromatic heterocycles. The average Bonchev–Trinajstić information content (AvgIpc) is 3.12. The molecule has 27 heavy (non-hydrogen) atoms. The highest BCUT2D eigenvalue weighted by atomic mass is 32.2. The summed E-state index contributed by atoms with van der Waals surface area (Å²) in [5, 5.41) is 0. The van der Waals surface area contributed by atoms with Crippen LogP contribution in [-0.2, 0) is 25.1 Å². The summed E-state index contributed by atoms with van der Waals surface area (Å²) in [4.78, 5) is 28.7. The second kappa shape index (κ2) is 9.53. The topological polar surface area (TPSA) is 65.5 Å². The molecule has 0 fully saturated rings. The fraction of sp³-hybridized carbons (Fsp3) is 0.250. The SMILES string of the molecule is CCC(CC(=O)OCc1ccccc1)C(=O)OSc1nc2ccccc2s1. The van der Waals surface area contributed by atoms with Gasteiger partial charge in [-0.25, -0.2) is 4.98 Å². The van der Waals surface area contributed by atoms with Crippen LogP contribution < -0.4 is 0 Å². The van der Waals surface area contributed by atoms with E-state index in [1.165, 1.54) is 11.3 Å². The number of hydrogen-bond donors (Lipinski definition) is 0. The summed E-state index contributed by atoms with van der Waals surface area (Å²) in [7, 11) is 0. The molecule has 0 aliphatic rings. The monoisotopic (exact) mass is 401 g/mol. The first-order valence-electron chi connectivity index (χ1n) is 8.59. The number of esters is 1. The molecule has 0 aliphatic heterocycles. The molecule has 0 spiro atoms. The van der Waals surface area contributed by atoms with Crippen LogP contribution in [0.2, 0.25) is 0 Å². The molecule has 1 unspecified atom stereocenters. The normalized spacial score (nSPS) is 11.9. The number of aromatic nitrogens is 1. The summed E-state index contributed by atoms with van der Waals surface area (Å²) in [5.74, 6) is -1.37. The first kappa shape index (κ1) is 19.4. The lowest BCUT2D eigenvalue weighted by Gasteiger charge is -2.12. The van der Waals surface area contributed by atoms with Gasteiger partial charge in [0, 0.05) is 0 Å². The predicted octanol–water partition coefficient (Wildman–Crippen LogP) is 5.01. The van der Waals surface area contributed by atoms with Crippen molar-refractivity contribution in [1.82, 2.24) is 4.98 Å². The van der Waals surface area contributed by atoms with Gasteiger partial charge in [-0.2, -0.15) is 0 Å². The lowest BCUT2D eigenvalue weighted by Crippen LogP contribution is -2.20. The van der Waals surface area contributed by atoms with E-state index in [4.69, 9.17) is 8.92 Å². The number of hydrogen-bond acceptors (Lipinski definition) is 7. The summed E-state index contributed by atoms with van der Waals surface area (Å²) >= 11 is 2.40. The van der Waals surface area contributed by atoms with Crippen molar-refractivity contribution in [2.24, 2.45) is 5.92 Å². The molecule has 0 amide bonds. The molecule has 2 aromatic carbocycles. The molecule has 3 rings (SSSR count). The second-order valence-corrected chi connectivity index (χ2v) is 7.90. The highest BCUT2D eigenvalue weighted by molar-refractivity contribution is 7.97. The standard InChI is InChI=1S/C20H19NO4S2/c1-2-15(12-18(22)24-13-14-8-4-3-5-9-14)19(23)25-27-20-21-16-10-6-7-11-17(16)26-20/h3-11,15H,2,12-13H2,1H3. The van der Waals surface area contributed by atoms with Crippen LogP contribution in [0.1, 0.15) is 25.3 Å². The van der Waals surface area contributed by atoms with E-state index in [9.17, 15) is 9.59 Å². The Hall–Kier alpha value is -2.38. The van der Waals surface area contributed by atoms with Gasteiger partial charge in [-0.1, -0.05) is 49.4 Å². The number of thiazole rings is 1. The van der Waals surface area contributed by atoms with Gasteiger partial charge in [0.25, 0.3) is 0 Å². The van der Waals surface area contributed by atoms with Gasteiger partial charge < -0.3 is 8.92 Å². The number of rotatable bonds is 8. The van der Waals surface area contributed by atoms with Crippen LogP contribution in [0.25, 0.3) is 10.2 Å². The zero-order chi connectivity index (χ0) is 19.1. The van der Waals surface area contributed by atoms with Gasteiger partial charge in [0.2, 0.25) is 0 Å². The fourth-order valence-corrected chi connectivity index (χ4v) is 4.05. The third kappa shape index (κ3) is 5.55. The first-order chi connectivity index (χ1) is 13.2. The molecule has 0 saturated carbocycles. The Morgan fingerprint density at radius 1 is 1.11 bits per heavy atom. The quantitative estimate of drug-likeness (QED) is 0.391. The second-order valence-electron chi connectivity index (χ2n) is 5.89. The molecule has 0 N–H and O–H groups in total. The Balaban J connectivity index is 1.48. The molecule has 140 valence electrons. The van der Waals surface area contributed by atoms with E-state index in [1.54, 1.807) is 0 Å². The summed E-state index contributed by atoms with van der Waals surface area (Å²) in [5.41, 5.74) is 1.78. The Morgan fingerprint density at radius 2 is 1.85 bits per heavy atom. The smallest absolute Gasteiger partial charge is 0.321 e. The Bertz CT molecular complexity index is 878. The van der Waals surface area contributed by atoms with Crippen molar-refractivity contribution in [3.05, 3.63) is 60.2 Å². The molecule has 0 saturated heterocycles. The zero-order valence-electron chi connectivity index (χ0n) is 14.8. The van der Waals surface area contributed by atoms with Crippen LogP contribution in [-0.4, -0.2) is 16.9 Å². The minimum atomic E-state index is -0.532. The lowest BCUT2D eigenvalue weighted by atomic mass is 10.0. The maximum absolute atomic E-state index is 12.3. The van der Waals surface area contributed by atoms with Crippen molar-refractivity contribution < 1.29 is 18.5 Å². The van der Waals surface area contributed by atoms with Gasteiger partial charge in [-0.15, -0.1) is 11.3 Å². The van der Waals surface area contributed by atoms with Crippen LogP contribution >= 0.6 is 23.4 Å². The van der Waals surface area contributed by atoms with E-state index < -0.39 is 17.9 Å². The number of nitrogens with zero attached hydrogens (tertiary/aromatic N) is 1. The van der Waals surface area contributed by atoms with E-state index in [1.807, 2.05) is 61.5 Å². The number of fused-ring (bicyclic) bond motifs is 1. The Kier molecular flexibility index (Phi) is 6.84. The largest absolute Gasteiger partial charge is 0.461 e. The van der Waals surface area contributed by atoms with Crippen molar-refractivity contribution in [2.45, 2.75) is 30.7 Å². The van der Waals surface area contributed by atoms with Crippen LogP contribution in [0.15, 0.2) is 58.9 Å². The zero-order valence-corrected chi connectivity index (χ0v) is 16.4. The number of benzene rings is 2. The minimum absolute atomic E-state index is 0.00255. The summed E-state index contributed by atoms with van der Waals surface area (Å²) < 4.78 is 12.2. The fourth-order valence-electron chi connectivity index (χ4n) is 2.42. The van der Waals surface area contributed by atoms with Gasteiger partial charge in [0.1, 0.15) is 18.6 Å². The summed E-state index contributed by atoms with van der Waals surface area (Å²) in [6, 6.07) is 17.2. The van der Waals surface area contributed by atoms with Gasteiger partial charge >= 0.3 is 11.9 Å². The highest BCUT2D eigenvalue weighted by Gasteiger charge is 2.23. The van der Waals surface area contributed by atoms with Gasteiger partial charge in [-0.3, -0.25) is 9.59 Å². The minimum Gasteiger partial charge on any atom is -0.461 e. The van der Waals surface area contributed by atoms with Crippen LogP contribution in [0, 0.1) is 5.92 Å². The van der Waals surface area contributed by atoms with Crippen molar-refractivity contribution in [3.63, 3.8) is 0 Å². The third-order valence-electron chi connectivity index (χ3n) is 3.95. The van der Waals surface area contributed by atoms with Crippen molar-refractivity contribution in [3.8, 4) is 0 Å². The molecule has 5 nitrogen and oxygen atoms in total. The molecular formula is C20H19NO4S2. The maximum atomic E-state index is 12.3. The summed E-state index contributed by atoms with van der Waals surface area (Å²) in [6.45, 7) is 2.05. The van der Waals surface area contributed by atoms with Crippen molar-refractivity contribution in [2.75, 3.05) is 0 Å². The van der Waals surface area contributed by atoms with Gasteiger partial charge in [0.15, 0.2) is 4.34 Å². The van der Waals surface area contributed by atoms with Crippen molar-refractivity contribution in [1.29, 1.82) is 0 Å². The Labute approximate surface area is 165 Å². The maximum Gasteiger partial charge on any atom is 0.321 e. The molecule has 1 atom stereocenters. The lowest BCUT2D eigenvalue weighted by molar-refractivity contribution is -0.150. The highest BCUT2D eigenvalue weighted by Crippen LogP contribution is 2.30. The molecule has 7 heteroatoms. The molecule has 3 aromatic rings. The van der Waals surface area contributed by atoms with E-state index in [0.717, 1.165) is 27.8 Å². The Morgan fingerprint density at radius 3 is 2.59 bits per heavy atom. The number of ether oxygens (including phenoxy) is 1. The van der Waals surface area contributed by atoms with E-state index >= 15 is 0 Å². The molecule has 0 aliphatic carbocycles. The number of carbonyl (C=O) groups is 2. The van der Waals surface area contributed by atoms with E-state index in [0.29, 0.717) is 10.8 Å². The van der Waals surface area contributed by atoms with E-state index in [-0.39, 0.29) is 13.0 Å². The van der Waals surface area contributed by atoms with Crippen molar-refractivity contribution >= 4 is 45.5 Å². The molecule has 0 radical (unpaired) electrons. The first-order valence-corrected chi connectivity index (χ1v) is 10.1.